The van der Waals surface area contributed by atoms with E-state index < -0.39 is 10.0 Å². The van der Waals surface area contributed by atoms with Gasteiger partial charge in [0.25, 0.3) is 0 Å². The largest absolute Gasteiger partial charge is 0.302 e. The van der Waals surface area contributed by atoms with Crippen LogP contribution >= 0.6 is 0 Å². The van der Waals surface area contributed by atoms with E-state index in [1.165, 1.54) is 12.1 Å². The molecule has 5 nitrogen and oxygen atoms in total. The Morgan fingerprint density at radius 2 is 1.71 bits per heavy atom. The number of pyridine rings is 1. The Kier molecular flexibility index (Phi) is 4.72. The van der Waals surface area contributed by atoms with Crippen molar-refractivity contribution in [2.24, 2.45) is 5.14 Å². The molecule has 112 valence electrons. The van der Waals surface area contributed by atoms with Gasteiger partial charge in [-0.3, -0.25) is 4.98 Å². The molecule has 0 spiro atoms. The topological polar surface area (TPSA) is 85.1 Å². The van der Waals surface area contributed by atoms with Gasteiger partial charge in [0.05, 0.1) is 10.6 Å². The van der Waals surface area contributed by atoms with Crippen LogP contribution in [0.4, 0.5) is 0 Å². The summed E-state index contributed by atoms with van der Waals surface area (Å²) in [7, 11) is -3.64. The zero-order valence-corrected chi connectivity index (χ0v) is 12.8. The lowest BCUT2D eigenvalue weighted by molar-refractivity contribution is 0.486. The number of nitrogens with zero attached hydrogens (tertiary/aromatic N) is 1. The van der Waals surface area contributed by atoms with E-state index in [1.54, 1.807) is 18.3 Å². The summed E-state index contributed by atoms with van der Waals surface area (Å²) in [6, 6.07) is 12.5. The predicted molar refractivity (Wildman–Crippen MR) is 82.0 cm³/mol. The molecule has 2 rings (SSSR count). The van der Waals surface area contributed by atoms with Gasteiger partial charge >= 0.3 is 0 Å². The highest BCUT2D eigenvalue weighted by Crippen LogP contribution is 2.19. The van der Waals surface area contributed by atoms with Crippen molar-refractivity contribution in [1.82, 2.24) is 10.3 Å². The molecule has 0 aliphatic heterocycles. The van der Waals surface area contributed by atoms with E-state index in [-0.39, 0.29) is 17.0 Å². The van der Waals surface area contributed by atoms with Gasteiger partial charge in [0.2, 0.25) is 10.0 Å². The van der Waals surface area contributed by atoms with Crippen LogP contribution in [0.1, 0.15) is 37.2 Å². The van der Waals surface area contributed by atoms with Crippen LogP contribution in [-0.4, -0.2) is 13.4 Å². The monoisotopic (exact) mass is 305 g/mol. The molecule has 0 amide bonds. The van der Waals surface area contributed by atoms with Crippen molar-refractivity contribution in [1.29, 1.82) is 0 Å². The molecule has 0 radical (unpaired) electrons. The van der Waals surface area contributed by atoms with Crippen LogP contribution in [0, 0.1) is 0 Å². The van der Waals surface area contributed by atoms with Crippen LogP contribution in [0.15, 0.2) is 53.6 Å². The molecule has 0 aliphatic rings. The molecule has 0 aliphatic carbocycles. The first-order valence-electron chi connectivity index (χ1n) is 6.67. The molecule has 0 fully saturated rings. The Morgan fingerprint density at radius 3 is 2.24 bits per heavy atom. The molecule has 2 atom stereocenters. The average Bonchev–Trinajstić information content (AvgIpc) is 2.47. The number of sulfonamides is 1. The number of aromatic nitrogens is 1. The van der Waals surface area contributed by atoms with E-state index in [9.17, 15) is 8.42 Å². The third-order valence-electron chi connectivity index (χ3n) is 3.34. The molecule has 0 bridgehead atoms. The van der Waals surface area contributed by atoms with Crippen LogP contribution in [0.3, 0.4) is 0 Å². The second-order valence-electron chi connectivity index (χ2n) is 4.98. The summed E-state index contributed by atoms with van der Waals surface area (Å²) in [6.07, 6.45) is 1.76. The maximum absolute atomic E-state index is 11.2. The molecule has 21 heavy (non-hydrogen) atoms. The Morgan fingerprint density at radius 1 is 1.05 bits per heavy atom. The number of nitrogens with two attached hydrogens (primary N) is 1. The fourth-order valence-electron chi connectivity index (χ4n) is 2.13. The third-order valence-corrected chi connectivity index (χ3v) is 4.27. The minimum Gasteiger partial charge on any atom is -0.302 e. The smallest absolute Gasteiger partial charge is 0.238 e. The van der Waals surface area contributed by atoms with Gasteiger partial charge in [0.15, 0.2) is 0 Å². The summed E-state index contributed by atoms with van der Waals surface area (Å²) >= 11 is 0. The average molecular weight is 305 g/mol. The Balaban J connectivity index is 2.08. The minimum absolute atomic E-state index is 0.0662. The van der Waals surface area contributed by atoms with Crippen LogP contribution < -0.4 is 10.5 Å². The summed E-state index contributed by atoms with van der Waals surface area (Å²) in [5.74, 6) is 0. The molecule has 6 heteroatoms. The van der Waals surface area contributed by atoms with Crippen molar-refractivity contribution in [3.8, 4) is 0 Å². The lowest BCUT2D eigenvalue weighted by atomic mass is 10.1. The van der Waals surface area contributed by atoms with E-state index in [2.05, 4.69) is 10.3 Å². The van der Waals surface area contributed by atoms with Gasteiger partial charge < -0.3 is 5.32 Å². The maximum atomic E-state index is 11.2. The summed E-state index contributed by atoms with van der Waals surface area (Å²) in [5.41, 5.74) is 1.95. The maximum Gasteiger partial charge on any atom is 0.238 e. The summed E-state index contributed by atoms with van der Waals surface area (Å²) < 4.78 is 22.5. The van der Waals surface area contributed by atoms with Gasteiger partial charge in [0, 0.05) is 18.3 Å². The Hall–Kier alpha value is -1.76. The van der Waals surface area contributed by atoms with Crippen LogP contribution in [0.5, 0.6) is 0 Å². The molecule has 0 saturated carbocycles. The molecule has 0 saturated heterocycles. The van der Waals surface area contributed by atoms with Gasteiger partial charge in [0.1, 0.15) is 0 Å². The number of rotatable bonds is 5. The molecule has 1 aromatic heterocycles. The lowest BCUT2D eigenvalue weighted by Crippen LogP contribution is -2.23. The van der Waals surface area contributed by atoms with Crippen LogP contribution in [0.25, 0.3) is 0 Å². The fraction of sp³-hybridized carbons (Fsp3) is 0.267. The standard InChI is InChI=1S/C15H19N3O2S/c1-11(18-12(2)15-5-3-4-10-17-15)13-6-8-14(9-7-13)21(16,19)20/h3-12,18H,1-2H3,(H2,16,19,20)/t11?,12-/m1/s1. The lowest BCUT2D eigenvalue weighted by Gasteiger charge is -2.20. The number of nitrogens with one attached hydrogen (secondary N) is 1. The van der Waals surface area contributed by atoms with Crippen molar-refractivity contribution in [3.05, 3.63) is 59.9 Å². The highest BCUT2D eigenvalue weighted by molar-refractivity contribution is 7.89. The van der Waals surface area contributed by atoms with Gasteiger partial charge in [-0.05, 0) is 43.7 Å². The van der Waals surface area contributed by atoms with Crippen molar-refractivity contribution >= 4 is 10.0 Å². The molecular weight excluding hydrogens is 286 g/mol. The van der Waals surface area contributed by atoms with Crippen molar-refractivity contribution < 1.29 is 8.42 Å². The zero-order valence-electron chi connectivity index (χ0n) is 12.0. The number of hydrogen-bond donors (Lipinski definition) is 2. The van der Waals surface area contributed by atoms with Crippen molar-refractivity contribution in [2.75, 3.05) is 0 Å². The third kappa shape index (κ3) is 4.10. The number of primary sulfonamides is 1. The molecule has 1 heterocycles. The Bertz CT molecular complexity index is 685. The van der Waals surface area contributed by atoms with Gasteiger partial charge in [-0.1, -0.05) is 18.2 Å². The van der Waals surface area contributed by atoms with Crippen LogP contribution in [0.2, 0.25) is 0 Å². The van der Waals surface area contributed by atoms with Crippen molar-refractivity contribution in [2.45, 2.75) is 30.8 Å². The van der Waals surface area contributed by atoms with Gasteiger partial charge in [-0.15, -0.1) is 0 Å². The Labute approximate surface area is 125 Å². The van der Waals surface area contributed by atoms with Gasteiger partial charge in [-0.25, -0.2) is 13.6 Å². The second-order valence-corrected chi connectivity index (χ2v) is 6.54. The van der Waals surface area contributed by atoms with E-state index in [0.717, 1.165) is 11.3 Å². The van der Waals surface area contributed by atoms with Crippen molar-refractivity contribution in [3.63, 3.8) is 0 Å². The molecule has 1 aromatic carbocycles. The van der Waals surface area contributed by atoms with E-state index in [4.69, 9.17) is 5.14 Å². The molecule has 3 N–H and O–H groups in total. The first-order valence-corrected chi connectivity index (χ1v) is 8.22. The minimum atomic E-state index is -3.64. The van der Waals surface area contributed by atoms with E-state index in [1.807, 2.05) is 32.0 Å². The summed E-state index contributed by atoms with van der Waals surface area (Å²) in [6.45, 7) is 4.06. The fourth-order valence-corrected chi connectivity index (χ4v) is 2.65. The zero-order chi connectivity index (χ0) is 15.5. The quantitative estimate of drug-likeness (QED) is 0.886. The normalized spacial score (nSPS) is 14.6. The van der Waals surface area contributed by atoms with Crippen LogP contribution in [-0.2, 0) is 10.0 Å². The highest BCUT2D eigenvalue weighted by Gasteiger charge is 2.13. The molecule has 2 aromatic rings. The molecular formula is C15H19N3O2S. The number of benzene rings is 1. The summed E-state index contributed by atoms with van der Waals surface area (Å²) in [5, 5.41) is 8.52. The van der Waals surface area contributed by atoms with E-state index >= 15 is 0 Å². The summed E-state index contributed by atoms with van der Waals surface area (Å²) in [4.78, 5) is 4.43. The van der Waals surface area contributed by atoms with Gasteiger partial charge in [-0.2, -0.15) is 0 Å². The predicted octanol–water partition coefficient (Wildman–Crippen LogP) is 2.14. The highest BCUT2D eigenvalue weighted by atomic mass is 32.2. The first kappa shape index (κ1) is 15.6. The molecule has 1 unspecified atom stereocenters. The first-order chi connectivity index (χ1) is 9.88. The SMILES string of the molecule is CC(N[C@H](C)c1ccccn1)c1ccc(S(N)(=O)=O)cc1. The van der Waals surface area contributed by atoms with E-state index in [0.29, 0.717) is 0 Å². The number of hydrogen-bond acceptors (Lipinski definition) is 4. The second kappa shape index (κ2) is 6.34.